The molecule has 2 nitrogen and oxygen atoms in total. The van der Waals surface area contributed by atoms with Gasteiger partial charge >= 0.3 is 0 Å². The van der Waals surface area contributed by atoms with E-state index in [1.807, 2.05) is 0 Å². The van der Waals surface area contributed by atoms with Gasteiger partial charge in [-0.05, 0) is 24.2 Å². The third-order valence-electron chi connectivity index (χ3n) is 3.00. The summed E-state index contributed by atoms with van der Waals surface area (Å²) in [4.78, 5) is 11.4. The molecule has 0 aromatic heterocycles. The predicted molar refractivity (Wildman–Crippen MR) is 65.7 cm³/mol. The fourth-order valence-electron chi connectivity index (χ4n) is 1.90. The Morgan fingerprint density at radius 2 is 1.67 bits per heavy atom. The zero-order chi connectivity index (χ0) is 11.8. The largest absolute Gasteiger partial charge is 0.356 e. The number of carbonyl (C=O) groups is 1. The molecule has 0 atom stereocenters. The van der Waals surface area contributed by atoms with Crippen LogP contribution in [0.3, 0.4) is 0 Å². The van der Waals surface area contributed by atoms with Gasteiger partial charge in [-0.3, -0.25) is 4.79 Å². The summed E-state index contributed by atoms with van der Waals surface area (Å²) in [6.45, 7) is 11.8. The van der Waals surface area contributed by atoms with Crippen molar-refractivity contribution in [2.75, 3.05) is 6.54 Å². The normalized spacial score (nSPS) is 11.5. The number of hydrogen-bond donors (Lipinski definition) is 1. The van der Waals surface area contributed by atoms with Crippen molar-refractivity contribution in [1.82, 2.24) is 5.32 Å². The summed E-state index contributed by atoms with van der Waals surface area (Å²) < 4.78 is 0. The standard InChI is InChI=1S/C13H27NO/c1-6-7-8-13(15)14-9-12(10(2)3)11(4)5/h10-12H,6-9H2,1-5H3,(H,14,15). The molecule has 1 amide bonds. The van der Waals surface area contributed by atoms with Crippen LogP contribution >= 0.6 is 0 Å². The molecule has 0 spiro atoms. The van der Waals surface area contributed by atoms with Crippen LogP contribution in [0.5, 0.6) is 0 Å². The van der Waals surface area contributed by atoms with E-state index in [2.05, 4.69) is 39.9 Å². The van der Waals surface area contributed by atoms with Gasteiger partial charge < -0.3 is 5.32 Å². The Hall–Kier alpha value is -0.530. The van der Waals surface area contributed by atoms with E-state index >= 15 is 0 Å². The molecule has 90 valence electrons. The first kappa shape index (κ1) is 14.5. The first-order valence-electron chi connectivity index (χ1n) is 6.25. The van der Waals surface area contributed by atoms with E-state index in [0.717, 1.165) is 19.4 Å². The number of carbonyl (C=O) groups excluding carboxylic acids is 1. The fraction of sp³-hybridized carbons (Fsp3) is 0.923. The molecule has 0 fully saturated rings. The topological polar surface area (TPSA) is 29.1 Å². The van der Waals surface area contributed by atoms with Crippen molar-refractivity contribution < 1.29 is 4.79 Å². The number of hydrogen-bond acceptors (Lipinski definition) is 1. The third-order valence-corrected chi connectivity index (χ3v) is 3.00. The molecule has 1 N–H and O–H groups in total. The summed E-state index contributed by atoms with van der Waals surface area (Å²) in [6, 6.07) is 0. The highest BCUT2D eigenvalue weighted by Crippen LogP contribution is 2.19. The second-order valence-electron chi connectivity index (χ2n) is 5.06. The van der Waals surface area contributed by atoms with Crippen molar-refractivity contribution in [3.63, 3.8) is 0 Å². The molecule has 0 rings (SSSR count). The first-order valence-corrected chi connectivity index (χ1v) is 6.25. The van der Waals surface area contributed by atoms with Crippen LogP contribution in [0.4, 0.5) is 0 Å². The lowest BCUT2D eigenvalue weighted by atomic mass is 9.85. The fourth-order valence-corrected chi connectivity index (χ4v) is 1.90. The minimum absolute atomic E-state index is 0.211. The highest BCUT2D eigenvalue weighted by molar-refractivity contribution is 5.75. The summed E-state index contributed by atoms with van der Waals surface area (Å²) in [6.07, 6.45) is 2.77. The molecule has 0 saturated carbocycles. The Kier molecular flexibility index (Phi) is 7.45. The third kappa shape index (κ3) is 6.53. The summed E-state index contributed by atoms with van der Waals surface area (Å²) in [5, 5.41) is 3.04. The quantitative estimate of drug-likeness (QED) is 0.691. The molecule has 0 radical (unpaired) electrons. The average Bonchev–Trinajstić information content (AvgIpc) is 2.13. The monoisotopic (exact) mass is 213 g/mol. The molecular weight excluding hydrogens is 186 g/mol. The average molecular weight is 213 g/mol. The SMILES string of the molecule is CCCCC(=O)NCC(C(C)C)C(C)C. The highest BCUT2D eigenvalue weighted by Gasteiger charge is 2.17. The molecule has 0 heterocycles. The van der Waals surface area contributed by atoms with Crippen LogP contribution in [0, 0.1) is 17.8 Å². The van der Waals surface area contributed by atoms with Crippen molar-refractivity contribution in [2.24, 2.45) is 17.8 Å². The Morgan fingerprint density at radius 3 is 2.07 bits per heavy atom. The lowest BCUT2D eigenvalue weighted by Crippen LogP contribution is -2.33. The maximum absolute atomic E-state index is 11.4. The molecule has 15 heavy (non-hydrogen) atoms. The van der Waals surface area contributed by atoms with Crippen molar-refractivity contribution in [3.05, 3.63) is 0 Å². The summed E-state index contributed by atoms with van der Waals surface area (Å²) in [5.74, 6) is 2.08. The van der Waals surface area contributed by atoms with Crippen LogP contribution < -0.4 is 5.32 Å². The van der Waals surface area contributed by atoms with Crippen LogP contribution in [-0.4, -0.2) is 12.5 Å². The molecule has 0 saturated heterocycles. The van der Waals surface area contributed by atoms with E-state index in [0.29, 0.717) is 24.2 Å². The van der Waals surface area contributed by atoms with Gasteiger partial charge in [0, 0.05) is 13.0 Å². The molecule has 0 aliphatic heterocycles. The number of rotatable bonds is 7. The van der Waals surface area contributed by atoms with Crippen LogP contribution in [0.1, 0.15) is 53.9 Å². The number of nitrogens with one attached hydrogen (secondary N) is 1. The summed E-state index contributed by atoms with van der Waals surface area (Å²) in [5.41, 5.74) is 0. The van der Waals surface area contributed by atoms with Crippen LogP contribution in [-0.2, 0) is 4.79 Å². The molecule has 0 aliphatic rings. The first-order chi connectivity index (χ1) is 6.99. The van der Waals surface area contributed by atoms with Crippen molar-refractivity contribution in [3.8, 4) is 0 Å². The number of unbranched alkanes of at least 4 members (excludes halogenated alkanes) is 1. The maximum Gasteiger partial charge on any atom is 0.220 e. The van der Waals surface area contributed by atoms with Crippen molar-refractivity contribution in [1.29, 1.82) is 0 Å². The highest BCUT2D eigenvalue weighted by atomic mass is 16.1. The van der Waals surface area contributed by atoms with Crippen LogP contribution in [0.2, 0.25) is 0 Å². The van der Waals surface area contributed by atoms with E-state index in [4.69, 9.17) is 0 Å². The second-order valence-corrected chi connectivity index (χ2v) is 5.06. The van der Waals surface area contributed by atoms with Gasteiger partial charge in [-0.25, -0.2) is 0 Å². The van der Waals surface area contributed by atoms with Crippen molar-refractivity contribution >= 4 is 5.91 Å². The zero-order valence-corrected chi connectivity index (χ0v) is 11.0. The molecule has 2 heteroatoms. The summed E-state index contributed by atoms with van der Waals surface area (Å²) >= 11 is 0. The van der Waals surface area contributed by atoms with E-state index in [9.17, 15) is 4.79 Å². The van der Waals surface area contributed by atoms with Gasteiger partial charge in [0.05, 0.1) is 0 Å². The second kappa shape index (κ2) is 7.72. The Labute approximate surface area is 94.8 Å². The molecule has 0 unspecified atom stereocenters. The smallest absolute Gasteiger partial charge is 0.220 e. The van der Waals surface area contributed by atoms with E-state index < -0.39 is 0 Å². The summed E-state index contributed by atoms with van der Waals surface area (Å²) in [7, 11) is 0. The lowest BCUT2D eigenvalue weighted by Gasteiger charge is -2.25. The minimum atomic E-state index is 0.211. The van der Waals surface area contributed by atoms with Gasteiger partial charge in [0.1, 0.15) is 0 Å². The zero-order valence-electron chi connectivity index (χ0n) is 11.0. The van der Waals surface area contributed by atoms with Gasteiger partial charge in [0.25, 0.3) is 0 Å². The Bertz CT molecular complexity index is 167. The maximum atomic E-state index is 11.4. The molecule has 0 aromatic rings. The van der Waals surface area contributed by atoms with Crippen LogP contribution in [0.15, 0.2) is 0 Å². The molecule has 0 aliphatic carbocycles. The van der Waals surface area contributed by atoms with E-state index in [-0.39, 0.29) is 5.91 Å². The van der Waals surface area contributed by atoms with Gasteiger partial charge in [-0.1, -0.05) is 41.0 Å². The lowest BCUT2D eigenvalue weighted by molar-refractivity contribution is -0.121. The van der Waals surface area contributed by atoms with Gasteiger partial charge in [0.2, 0.25) is 5.91 Å². The van der Waals surface area contributed by atoms with Gasteiger partial charge in [0.15, 0.2) is 0 Å². The predicted octanol–water partition coefficient (Wildman–Crippen LogP) is 3.22. The van der Waals surface area contributed by atoms with Gasteiger partial charge in [-0.2, -0.15) is 0 Å². The van der Waals surface area contributed by atoms with Crippen LogP contribution in [0.25, 0.3) is 0 Å². The van der Waals surface area contributed by atoms with E-state index in [1.54, 1.807) is 0 Å². The molecule has 0 bridgehead atoms. The van der Waals surface area contributed by atoms with Gasteiger partial charge in [-0.15, -0.1) is 0 Å². The minimum Gasteiger partial charge on any atom is -0.356 e. The Morgan fingerprint density at radius 1 is 1.13 bits per heavy atom. The number of amides is 1. The molecular formula is C13H27NO. The van der Waals surface area contributed by atoms with E-state index in [1.165, 1.54) is 0 Å². The van der Waals surface area contributed by atoms with Crippen molar-refractivity contribution in [2.45, 2.75) is 53.9 Å². The Balaban J connectivity index is 3.84. The molecule has 0 aromatic carbocycles.